The fourth-order valence-corrected chi connectivity index (χ4v) is 3.86. The number of aliphatic carboxylic acids is 1. The summed E-state index contributed by atoms with van der Waals surface area (Å²) in [7, 11) is -4.98. The molecule has 5 N–H and O–H groups in total. The number of ether oxygens (including phenoxy) is 2. The van der Waals surface area contributed by atoms with Crippen molar-refractivity contribution in [2.24, 2.45) is 0 Å². The number of halogens is 2. The lowest BCUT2D eigenvalue weighted by atomic mass is 9.99. The van der Waals surface area contributed by atoms with E-state index in [0.29, 0.717) is 0 Å². The molecule has 13 nitrogen and oxygen atoms in total. The van der Waals surface area contributed by atoms with Crippen LogP contribution in [0.1, 0.15) is 5.56 Å². The van der Waals surface area contributed by atoms with Crippen LogP contribution in [0.15, 0.2) is 41.3 Å². The smallest absolute Gasteiger partial charge is 0.446 e. The second-order valence-electron chi connectivity index (χ2n) is 7.75. The van der Waals surface area contributed by atoms with Gasteiger partial charge in [-0.2, -0.15) is 8.42 Å². The molecular weight excluding hydrogens is 528 g/mol. The third-order valence-electron chi connectivity index (χ3n) is 5.19. The Kier molecular flexibility index (Phi) is 6.89. The number of nitrogens with zero attached hydrogens (tertiary/aromatic N) is 1. The van der Waals surface area contributed by atoms with Crippen molar-refractivity contribution in [2.45, 2.75) is 30.7 Å². The quantitative estimate of drug-likeness (QED) is 0.263. The summed E-state index contributed by atoms with van der Waals surface area (Å²) < 4.78 is 78.9. The highest BCUT2D eigenvalue weighted by molar-refractivity contribution is 7.81. The molecule has 198 valence electrons. The van der Waals surface area contributed by atoms with E-state index in [1.165, 1.54) is 6.07 Å². The van der Waals surface area contributed by atoms with Crippen molar-refractivity contribution >= 4 is 33.3 Å². The molecule has 0 bridgehead atoms. The maximum absolute atomic E-state index is 14.3. The molecule has 3 aromatic rings. The molecule has 0 saturated carbocycles. The van der Waals surface area contributed by atoms with Crippen molar-refractivity contribution in [3.63, 3.8) is 0 Å². The van der Waals surface area contributed by atoms with Gasteiger partial charge in [-0.05, 0) is 24.3 Å². The van der Waals surface area contributed by atoms with Gasteiger partial charge >= 0.3 is 16.4 Å². The molecule has 1 aromatic heterocycles. The van der Waals surface area contributed by atoms with Crippen LogP contribution in [0.25, 0.3) is 28.4 Å². The predicted molar refractivity (Wildman–Crippen MR) is 117 cm³/mol. The number of aliphatic hydroxyl groups excluding tert-OH is 3. The van der Waals surface area contributed by atoms with Gasteiger partial charge < -0.3 is 38.5 Å². The van der Waals surface area contributed by atoms with Crippen LogP contribution in [-0.2, 0) is 19.9 Å². The number of benzene rings is 2. The SMILES string of the molecule is C=C(F)c1cc(O[C@@H]2O[C@H](C(=O)O)[C@@H](O)[C@H](O)[C@H]2O)cc2nc(-c3ccc(OS(=O)(=O)O)c(F)c3)oc12. The molecule has 1 saturated heterocycles. The van der Waals surface area contributed by atoms with E-state index in [0.717, 1.165) is 24.3 Å². The lowest BCUT2D eigenvalue weighted by molar-refractivity contribution is -0.271. The summed E-state index contributed by atoms with van der Waals surface area (Å²) in [5, 5.41) is 39.1. The molecule has 5 atom stereocenters. The van der Waals surface area contributed by atoms with Crippen LogP contribution in [0, 0.1) is 5.82 Å². The van der Waals surface area contributed by atoms with Gasteiger partial charge in [0.25, 0.3) is 0 Å². The molecule has 1 fully saturated rings. The topological polar surface area (TPSA) is 206 Å². The minimum atomic E-state index is -4.98. The second kappa shape index (κ2) is 9.66. The zero-order valence-corrected chi connectivity index (χ0v) is 19.0. The standard InChI is InChI=1S/C21H17F2NO12S/c1-7(22)10-5-9(33-21-16(27)14(25)15(26)18(35-21)20(28)29)6-12-17(10)34-19(24-12)8-2-3-13(11(23)4-8)36-37(30,31)32/h2-6,14-16,18,21,25-27H,1H2,(H,28,29)(H,30,31,32)/t14-,15-,16+,18-,21+/m0/s1. The number of hydrogen-bond donors (Lipinski definition) is 5. The Balaban J connectivity index is 1.69. The highest BCUT2D eigenvalue weighted by Crippen LogP contribution is 2.36. The van der Waals surface area contributed by atoms with Crippen molar-refractivity contribution in [1.82, 2.24) is 4.98 Å². The number of rotatable bonds is 7. The van der Waals surface area contributed by atoms with Gasteiger partial charge in [-0.3, -0.25) is 4.55 Å². The fourth-order valence-electron chi connectivity index (χ4n) is 3.50. The molecule has 1 aliphatic heterocycles. The third-order valence-corrected chi connectivity index (χ3v) is 5.59. The normalized spacial score (nSPS) is 24.1. The third kappa shape index (κ3) is 5.38. The van der Waals surface area contributed by atoms with Gasteiger partial charge in [0.15, 0.2) is 23.3 Å². The van der Waals surface area contributed by atoms with Gasteiger partial charge in [-0.1, -0.05) is 6.58 Å². The van der Waals surface area contributed by atoms with E-state index in [1.54, 1.807) is 0 Å². The van der Waals surface area contributed by atoms with Crippen molar-refractivity contribution in [1.29, 1.82) is 0 Å². The summed E-state index contributed by atoms with van der Waals surface area (Å²) in [4.78, 5) is 15.4. The van der Waals surface area contributed by atoms with Crippen LogP contribution in [-0.4, -0.2) is 75.1 Å². The molecule has 4 rings (SSSR count). The molecular formula is C21H17F2NO12S. The maximum Gasteiger partial charge on any atom is 0.446 e. The average Bonchev–Trinajstić information content (AvgIpc) is 3.23. The monoisotopic (exact) mass is 545 g/mol. The van der Waals surface area contributed by atoms with Gasteiger partial charge in [-0.25, -0.2) is 18.6 Å². The number of aromatic nitrogens is 1. The van der Waals surface area contributed by atoms with Gasteiger partial charge in [0.1, 0.15) is 35.4 Å². The Morgan fingerprint density at radius 2 is 1.81 bits per heavy atom. The second-order valence-corrected chi connectivity index (χ2v) is 8.77. The number of carboxylic acid groups (broad SMARTS) is 1. The predicted octanol–water partition coefficient (Wildman–Crippen LogP) is 1.03. The van der Waals surface area contributed by atoms with Gasteiger partial charge in [0.05, 0.1) is 5.56 Å². The summed E-state index contributed by atoms with van der Waals surface area (Å²) in [5.74, 6) is -5.17. The lowest BCUT2D eigenvalue weighted by Gasteiger charge is -2.38. The minimum Gasteiger partial charge on any atom is -0.479 e. The number of aliphatic hydroxyl groups is 3. The van der Waals surface area contributed by atoms with Crippen LogP contribution >= 0.6 is 0 Å². The maximum atomic E-state index is 14.3. The number of hydrogen-bond acceptors (Lipinski definition) is 11. The van der Waals surface area contributed by atoms with E-state index in [2.05, 4.69) is 15.7 Å². The summed E-state index contributed by atoms with van der Waals surface area (Å²) >= 11 is 0. The number of carboxylic acids is 1. The van der Waals surface area contributed by atoms with Crippen molar-refractivity contribution < 1.29 is 65.0 Å². The Morgan fingerprint density at radius 1 is 1.11 bits per heavy atom. The summed E-state index contributed by atoms with van der Waals surface area (Å²) in [6, 6.07) is 5.01. The molecule has 37 heavy (non-hydrogen) atoms. The minimum absolute atomic E-state index is 0.0401. The van der Waals surface area contributed by atoms with Crippen LogP contribution in [0.4, 0.5) is 8.78 Å². The van der Waals surface area contributed by atoms with E-state index in [1.807, 2.05) is 0 Å². The fraction of sp³-hybridized carbons (Fsp3) is 0.238. The van der Waals surface area contributed by atoms with Crippen molar-refractivity contribution in [3.05, 3.63) is 48.3 Å². The first-order valence-electron chi connectivity index (χ1n) is 10.1. The molecule has 0 radical (unpaired) electrons. The Bertz CT molecular complexity index is 1490. The van der Waals surface area contributed by atoms with Crippen LogP contribution in [0.5, 0.6) is 11.5 Å². The molecule has 0 amide bonds. The molecule has 1 aliphatic rings. The van der Waals surface area contributed by atoms with Crippen molar-refractivity contribution in [3.8, 4) is 23.0 Å². The van der Waals surface area contributed by atoms with E-state index in [9.17, 15) is 37.3 Å². The Labute approximate surface area is 205 Å². The van der Waals surface area contributed by atoms with E-state index in [4.69, 9.17) is 23.6 Å². The Morgan fingerprint density at radius 3 is 2.41 bits per heavy atom. The highest BCUT2D eigenvalue weighted by Gasteiger charge is 2.48. The molecule has 16 heteroatoms. The van der Waals surface area contributed by atoms with Crippen LogP contribution in [0.3, 0.4) is 0 Å². The van der Waals surface area contributed by atoms with Gasteiger partial charge in [-0.15, -0.1) is 0 Å². The highest BCUT2D eigenvalue weighted by atomic mass is 32.3. The van der Waals surface area contributed by atoms with E-state index < -0.39 is 64.5 Å². The van der Waals surface area contributed by atoms with Crippen LogP contribution in [0.2, 0.25) is 0 Å². The first-order chi connectivity index (χ1) is 17.2. The zero-order valence-electron chi connectivity index (χ0n) is 18.2. The van der Waals surface area contributed by atoms with Gasteiger partial charge in [0, 0.05) is 11.6 Å². The van der Waals surface area contributed by atoms with E-state index in [-0.39, 0.29) is 33.9 Å². The lowest BCUT2D eigenvalue weighted by Crippen LogP contribution is -2.61. The molecule has 0 spiro atoms. The first kappa shape index (κ1) is 26.4. The number of oxazole rings is 1. The largest absolute Gasteiger partial charge is 0.479 e. The Hall–Kier alpha value is -3.67. The summed E-state index contributed by atoms with van der Waals surface area (Å²) in [6.07, 6.45) is -9.53. The van der Waals surface area contributed by atoms with E-state index >= 15 is 0 Å². The molecule has 2 aromatic carbocycles. The molecule has 0 aliphatic carbocycles. The first-order valence-corrected chi connectivity index (χ1v) is 11.5. The average molecular weight is 545 g/mol. The zero-order chi connectivity index (χ0) is 27.2. The summed E-state index contributed by atoms with van der Waals surface area (Å²) in [6.45, 7) is 3.18. The van der Waals surface area contributed by atoms with Crippen molar-refractivity contribution in [2.75, 3.05) is 0 Å². The molecule has 0 unspecified atom stereocenters. The molecule has 2 heterocycles. The van der Waals surface area contributed by atoms with Gasteiger partial charge in [0.2, 0.25) is 12.2 Å². The number of fused-ring (bicyclic) bond motifs is 1. The van der Waals surface area contributed by atoms with Crippen LogP contribution < -0.4 is 8.92 Å². The summed E-state index contributed by atoms with van der Waals surface area (Å²) in [5.41, 5.74) is -0.571. The number of carbonyl (C=O) groups is 1.